The SMILES string of the molecule is O=C1CC[C@]2(c3ccc(Cl)c(C(F)(F)F)c3)O[C@@H](COc3ccc(Cl)cc3)CN12. The van der Waals surface area contributed by atoms with Crippen LogP contribution >= 0.6 is 23.2 Å². The van der Waals surface area contributed by atoms with E-state index in [-0.39, 0.29) is 37.5 Å². The summed E-state index contributed by atoms with van der Waals surface area (Å²) in [6, 6.07) is 10.4. The largest absolute Gasteiger partial charge is 0.491 e. The van der Waals surface area contributed by atoms with Gasteiger partial charge < -0.3 is 14.4 Å². The maximum absolute atomic E-state index is 13.3. The summed E-state index contributed by atoms with van der Waals surface area (Å²) in [6.07, 6.45) is -4.62. The summed E-state index contributed by atoms with van der Waals surface area (Å²) in [5.41, 5.74) is -1.93. The number of ether oxygens (including phenoxy) is 2. The molecule has 4 rings (SSSR count). The molecule has 0 N–H and O–H groups in total. The number of hydrogen-bond acceptors (Lipinski definition) is 3. The van der Waals surface area contributed by atoms with Crippen LogP contribution < -0.4 is 4.74 Å². The molecule has 2 fully saturated rings. The van der Waals surface area contributed by atoms with E-state index >= 15 is 0 Å². The van der Waals surface area contributed by atoms with E-state index in [4.69, 9.17) is 32.7 Å². The Hall–Kier alpha value is -1.96. The van der Waals surface area contributed by atoms with Crippen LogP contribution in [0.1, 0.15) is 24.0 Å². The quantitative estimate of drug-likeness (QED) is 0.643. The molecule has 0 aromatic heterocycles. The maximum atomic E-state index is 13.3. The second-order valence-electron chi connectivity index (χ2n) is 6.99. The minimum atomic E-state index is -4.60. The molecule has 2 saturated heterocycles. The number of nitrogens with zero attached hydrogens (tertiary/aromatic N) is 1. The first-order valence-electron chi connectivity index (χ1n) is 8.93. The first-order chi connectivity index (χ1) is 13.7. The first-order valence-corrected chi connectivity index (χ1v) is 9.68. The van der Waals surface area contributed by atoms with E-state index in [2.05, 4.69) is 0 Å². The van der Waals surface area contributed by atoms with E-state index in [0.717, 1.165) is 6.07 Å². The highest BCUT2D eigenvalue weighted by Gasteiger charge is 2.55. The molecule has 0 aliphatic carbocycles. The van der Waals surface area contributed by atoms with Crippen molar-refractivity contribution >= 4 is 29.1 Å². The van der Waals surface area contributed by atoms with Crippen molar-refractivity contribution in [3.63, 3.8) is 0 Å². The second kappa shape index (κ2) is 7.38. The van der Waals surface area contributed by atoms with Crippen molar-refractivity contribution in [2.75, 3.05) is 13.2 Å². The highest BCUT2D eigenvalue weighted by Crippen LogP contribution is 2.47. The topological polar surface area (TPSA) is 38.8 Å². The fourth-order valence-corrected chi connectivity index (χ4v) is 4.15. The normalized spacial score (nSPS) is 24.1. The number of rotatable bonds is 4. The number of amides is 1. The number of fused-ring (bicyclic) bond motifs is 1. The monoisotopic (exact) mass is 445 g/mol. The molecule has 9 heteroatoms. The third-order valence-electron chi connectivity index (χ3n) is 5.14. The first kappa shape index (κ1) is 20.3. The minimum absolute atomic E-state index is 0.146. The number of alkyl halides is 3. The fraction of sp³-hybridized carbons (Fsp3) is 0.350. The summed E-state index contributed by atoms with van der Waals surface area (Å²) in [5, 5.41) is 0.178. The summed E-state index contributed by atoms with van der Waals surface area (Å²) in [5.74, 6) is 0.416. The zero-order valence-corrected chi connectivity index (χ0v) is 16.5. The van der Waals surface area contributed by atoms with Gasteiger partial charge in [0, 0.05) is 23.4 Å². The number of carbonyl (C=O) groups is 1. The van der Waals surface area contributed by atoms with Crippen molar-refractivity contribution in [2.45, 2.75) is 30.8 Å². The van der Waals surface area contributed by atoms with Crippen LogP contribution in [0.15, 0.2) is 42.5 Å². The Morgan fingerprint density at radius 1 is 1.17 bits per heavy atom. The van der Waals surface area contributed by atoms with E-state index in [1.54, 1.807) is 24.3 Å². The van der Waals surface area contributed by atoms with Gasteiger partial charge in [-0.05, 0) is 36.4 Å². The lowest BCUT2D eigenvalue weighted by atomic mass is 9.98. The number of benzene rings is 2. The average Bonchev–Trinajstić information content (AvgIpc) is 3.18. The minimum Gasteiger partial charge on any atom is -0.491 e. The molecule has 0 spiro atoms. The zero-order valence-electron chi connectivity index (χ0n) is 15.0. The number of halogens is 5. The van der Waals surface area contributed by atoms with Gasteiger partial charge in [-0.3, -0.25) is 4.79 Å². The molecule has 0 bridgehead atoms. The Balaban J connectivity index is 1.58. The van der Waals surface area contributed by atoms with Gasteiger partial charge in [0.15, 0.2) is 5.72 Å². The van der Waals surface area contributed by atoms with Crippen molar-refractivity contribution < 1.29 is 27.4 Å². The van der Waals surface area contributed by atoms with Crippen molar-refractivity contribution in [3.8, 4) is 5.75 Å². The Morgan fingerprint density at radius 2 is 1.90 bits per heavy atom. The van der Waals surface area contributed by atoms with Crippen molar-refractivity contribution in [1.82, 2.24) is 4.90 Å². The fourth-order valence-electron chi connectivity index (χ4n) is 3.80. The Labute approximate surface area is 175 Å². The van der Waals surface area contributed by atoms with Gasteiger partial charge in [-0.25, -0.2) is 0 Å². The van der Waals surface area contributed by atoms with Gasteiger partial charge >= 0.3 is 6.18 Å². The van der Waals surface area contributed by atoms with E-state index in [0.29, 0.717) is 10.8 Å². The van der Waals surface area contributed by atoms with Crippen molar-refractivity contribution in [1.29, 1.82) is 0 Å². The van der Waals surface area contributed by atoms with Gasteiger partial charge in [0.25, 0.3) is 0 Å². The van der Waals surface area contributed by atoms with Crippen molar-refractivity contribution in [2.24, 2.45) is 0 Å². The molecule has 29 heavy (non-hydrogen) atoms. The van der Waals surface area contributed by atoms with Gasteiger partial charge in [-0.1, -0.05) is 29.3 Å². The smallest absolute Gasteiger partial charge is 0.417 e. The van der Waals surface area contributed by atoms with Gasteiger partial charge in [-0.2, -0.15) is 13.2 Å². The standard InChI is InChI=1S/C20H16Cl2F3NO3/c21-13-2-4-14(5-3-13)28-11-15-10-26-18(27)7-8-19(26,29-15)12-1-6-17(22)16(9-12)20(23,24)25/h1-6,9,15H,7-8,10-11H2/t15-,19-/m1/s1. The lowest BCUT2D eigenvalue weighted by Crippen LogP contribution is -2.39. The molecule has 2 aromatic carbocycles. The van der Waals surface area contributed by atoms with Gasteiger partial charge in [-0.15, -0.1) is 0 Å². The molecule has 0 saturated carbocycles. The van der Waals surface area contributed by atoms with Crippen LogP contribution in [0.4, 0.5) is 13.2 Å². The van der Waals surface area contributed by atoms with Crippen molar-refractivity contribution in [3.05, 3.63) is 63.6 Å². The van der Waals surface area contributed by atoms with E-state index in [1.807, 2.05) is 0 Å². The van der Waals surface area contributed by atoms with Crippen LogP contribution in [-0.2, 0) is 21.4 Å². The van der Waals surface area contributed by atoms with E-state index < -0.39 is 28.6 Å². The number of hydrogen-bond donors (Lipinski definition) is 0. The molecule has 0 radical (unpaired) electrons. The third kappa shape index (κ3) is 3.79. The van der Waals surface area contributed by atoms with Crippen LogP contribution in [0.3, 0.4) is 0 Å². The van der Waals surface area contributed by atoms with Gasteiger partial charge in [0.1, 0.15) is 18.5 Å². The van der Waals surface area contributed by atoms with Crippen LogP contribution in [0.2, 0.25) is 10.0 Å². The predicted molar refractivity (Wildman–Crippen MR) is 101 cm³/mol. The molecule has 2 heterocycles. The lowest BCUT2D eigenvalue weighted by Gasteiger charge is -2.31. The summed E-state index contributed by atoms with van der Waals surface area (Å²) in [7, 11) is 0. The molecule has 0 unspecified atom stereocenters. The molecule has 154 valence electrons. The maximum Gasteiger partial charge on any atom is 0.417 e. The molecule has 2 aliphatic rings. The average molecular weight is 446 g/mol. The summed E-state index contributed by atoms with van der Waals surface area (Å²) in [4.78, 5) is 13.9. The predicted octanol–water partition coefficient (Wildman–Crippen LogP) is 5.27. The summed E-state index contributed by atoms with van der Waals surface area (Å²) >= 11 is 11.6. The molecular weight excluding hydrogens is 430 g/mol. The lowest BCUT2D eigenvalue weighted by molar-refractivity contribution is -0.141. The third-order valence-corrected chi connectivity index (χ3v) is 5.72. The molecule has 1 amide bonds. The summed E-state index contributed by atoms with van der Waals surface area (Å²) in [6.45, 7) is 0.378. The highest BCUT2D eigenvalue weighted by molar-refractivity contribution is 6.31. The molecular formula is C20H16Cl2F3NO3. The zero-order chi connectivity index (χ0) is 20.8. The van der Waals surface area contributed by atoms with Gasteiger partial charge in [0.05, 0.1) is 17.1 Å². The van der Waals surface area contributed by atoms with E-state index in [9.17, 15) is 18.0 Å². The van der Waals surface area contributed by atoms with E-state index in [1.165, 1.54) is 17.0 Å². The molecule has 2 atom stereocenters. The molecule has 2 aliphatic heterocycles. The highest BCUT2D eigenvalue weighted by atomic mass is 35.5. The summed E-state index contributed by atoms with van der Waals surface area (Å²) < 4.78 is 51.8. The number of carbonyl (C=O) groups excluding carboxylic acids is 1. The van der Waals surface area contributed by atoms with Crippen LogP contribution in [0.25, 0.3) is 0 Å². The molecule has 2 aromatic rings. The van der Waals surface area contributed by atoms with Crippen LogP contribution in [0.5, 0.6) is 5.75 Å². The Morgan fingerprint density at radius 3 is 2.59 bits per heavy atom. The molecule has 4 nitrogen and oxygen atoms in total. The van der Waals surface area contributed by atoms with Gasteiger partial charge in [0.2, 0.25) is 5.91 Å². The Bertz CT molecular complexity index is 936. The Kier molecular flexibility index (Phi) is 5.17. The van der Waals surface area contributed by atoms with Crippen LogP contribution in [0, 0.1) is 0 Å². The van der Waals surface area contributed by atoms with Crippen LogP contribution in [-0.4, -0.2) is 30.1 Å². The second-order valence-corrected chi connectivity index (χ2v) is 7.83.